The second kappa shape index (κ2) is 4.66. The molecule has 0 aromatic heterocycles. The maximum atomic E-state index is 12.4. The molecule has 1 fully saturated rings. The van der Waals surface area contributed by atoms with Crippen molar-refractivity contribution in [2.24, 2.45) is 5.84 Å². The van der Waals surface area contributed by atoms with Gasteiger partial charge in [-0.25, -0.2) is 10.9 Å². The highest BCUT2D eigenvalue weighted by Crippen LogP contribution is 2.44. The van der Waals surface area contributed by atoms with Crippen LogP contribution < -0.4 is 10.7 Å². The molecular weight excluding hydrogens is 362 g/mol. The van der Waals surface area contributed by atoms with Gasteiger partial charge in [0, 0.05) is 17.1 Å². The van der Waals surface area contributed by atoms with Crippen molar-refractivity contribution in [3.8, 4) is 0 Å². The second-order valence-corrected chi connectivity index (χ2v) is 6.83. The molecule has 8 heteroatoms. The van der Waals surface area contributed by atoms with E-state index < -0.39 is 5.91 Å². The van der Waals surface area contributed by atoms with Gasteiger partial charge in [-0.1, -0.05) is 39.9 Å². The average molecular weight is 370 g/mol. The average Bonchev–Trinajstić information content (AvgIpc) is 2.79. The Morgan fingerprint density at radius 2 is 2.00 bits per heavy atom. The van der Waals surface area contributed by atoms with Gasteiger partial charge in [0.25, 0.3) is 11.8 Å². The van der Waals surface area contributed by atoms with Crippen molar-refractivity contribution in [3.63, 3.8) is 0 Å². The van der Waals surface area contributed by atoms with Crippen molar-refractivity contribution in [2.45, 2.75) is 0 Å². The number of carbonyl (C=O) groups is 2. The number of nitrogens with two attached hydrogens (primary N) is 1. The van der Waals surface area contributed by atoms with E-state index in [2.05, 4.69) is 15.9 Å². The third-order valence-corrected chi connectivity index (χ3v) is 5.03. The van der Waals surface area contributed by atoms with Crippen LogP contribution in [0.5, 0.6) is 0 Å². The molecule has 0 atom stereocenters. The smallest absolute Gasteiger partial charge is 0.281 e. The maximum Gasteiger partial charge on any atom is 0.281 e. The van der Waals surface area contributed by atoms with E-state index in [-0.39, 0.29) is 15.1 Å². The summed E-state index contributed by atoms with van der Waals surface area (Å²) in [6, 6.07) is 5.49. The molecule has 1 saturated heterocycles. The van der Waals surface area contributed by atoms with Crippen molar-refractivity contribution in [2.75, 3.05) is 11.9 Å². The van der Waals surface area contributed by atoms with Gasteiger partial charge in [0.15, 0.2) is 4.32 Å². The molecule has 3 rings (SSSR count). The predicted molar refractivity (Wildman–Crippen MR) is 85.7 cm³/mol. The fraction of sp³-hybridized carbons (Fsp3) is 0.0833. The minimum Gasteiger partial charge on any atom is -0.311 e. The first kappa shape index (κ1) is 13.7. The second-order valence-electron chi connectivity index (χ2n) is 4.27. The number of thioether (sulfide) groups is 1. The first-order valence-corrected chi connectivity index (χ1v) is 7.57. The minimum absolute atomic E-state index is 0.230. The molecule has 5 nitrogen and oxygen atoms in total. The molecule has 2 N–H and O–H groups in total. The molecule has 0 unspecified atom stereocenters. The van der Waals surface area contributed by atoms with Crippen LogP contribution in [0.1, 0.15) is 5.56 Å². The molecule has 20 heavy (non-hydrogen) atoms. The summed E-state index contributed by atoms with van der Waals surface area (Å²) in [5, 5.41) is 0.894. The number of hydrazine groups is 1. The first-order chi connectivity index (χ1) is 9.41. The molecule has 0 radical (unpaired) electrons. The SMILES string of the molecule is CN1C(=O)/C(=C2/SC(=S)N(N)C2=O)c2cc(Br)ccc21. The zero-order chi connectivity index (χ0) is 14.6. The van der Waals surface area contributed by atoms with Gasteiger partial charge in [0.1, 0.15) is 0 Å². The van der Waals surface area contributed by atoms with E-state index in [4.69, 9.17) is 18.1 Å². The highest BCUT2D eigenvalue weighted by Gasteiger charge is 2.40. The number of hydrogen-bond donors (Lipinski definition) is 1. The molecule has 1 aromatic rings. The van der Waals surface area contributed by atoms with Crippen LogP contribution in [0.15, 0.2) is 27.6 Å². The summed E-state index contributed by atoms with van der Waals surface area (Å²) < 4.78 is 1.08. The van der Waals surface area contributed by atoms with E-state index in [1.54, 1.807) is 7.05 Å². The van der Waals surface area contributed by atoms with Crippen molar-refractivity contribution in [3.05, 3.63) is 33.1 Å². The molecule has 102 valence electrons. The van der Waals surface area contributed by atoms with Crippen LogP contribution in [0, 0.1) is 0 Å². The van der Waals surface area contributed by atoms with Crippen LogP contribution >= 0.6 is 39.9 Å². The Labute approximate surface area is 132 Å². The number of thiocarbonyl (C=S) groups is 1. The van der Waals surface area contributed by atoms with Gasteiger partial charge in [0.05, 0.1) is 16.2 Å². The van der Waals surface area contributed by atoms with Gasteiger partial charge in [-0.2, -0.15) is 0 Å². The maximum absolute atomic E-state index is 12.4. The fourth-order valence-electron chi connectivity index (χ4n) is 2.14. The number of carbonyl (C=O) groups excluding carboxylic acids is 2. The summed E-state index contributed by atoms with van der Waals surface area (Å²) in [6.45, 7) is 0. The number of hydrogen-bond acceptors (Lipinski definition) is 5. The van der Waals surface area contributed by atoms with Crippen LogP contribution in [-0.2, 0) is 9.59 Å². The number of nitrogens with zero attached hydrogens (tertiary/aromatic N) is 2. The summed E-state index contributed by atoms with van der Waals surface area (Å²) in [4.78, 5) is 26.3. The van der Waals surface area contributed by atoms with Crippen molar-refractivity contribution in [1.82, 2.24) is 5.01 Å². The first-order valence-electron chi connectivity index (χ1n) is 5.55. The zero-order valence-corrected chi connectivity index (χ0v) is 13.4. The molecule has 0 saturated carbocycles. The van der Waals surface area contributed by atoms with Gasteiger partial charge in [0.2, 0.25) is 0 Å². The third kappa shape index (κ3) is 1.83. The minimum atomic E-state index is -0.440. The molecule has 2 aliphatic rings. The Balaban J connectivity index is 2.26. The van der Waals surface area contributed by atoms with E-state index in [0.717, 1.165) is 26.9 Å². The van der Waals surface area contributed by atoms with Gasteiger partial charge in [-0.3, -0.25) is 9.59 Å². The molecule has 2 amide bonds. The topological polar surface area (TPSA) is 66.6 Å². The molecule has 0 aliphatic carbocycles. The fourth-order valence-corrected chi connectivity index (χ4v) is 3.68. The largest absolute Gasteiger partial charge is 0.311 e. The van der Waals surface area contributed by atoms with E-state index in [1.807, 2.05) is 18.2 Å². The van der Waals surface area contributed by atoms with Crippen LogP contribution in [0.3, 0.4) is 0 Å². The Morgan fingerprint density at radius 3 is 2.60 bits per heavy atom. The number of benzene rings is 1. The Bertz CT molecular complexity index is 717. The van der Waals surface area contributed by atoms with Gasteiger partial charge in [-0.05, 0) is 18.2 Å². The molecular formula is C12H8BrN3O2S2. The lowest BCUT2D eigenvalue weighted by atomic mass is 10.1. The normalized spacial score (nSPS) is 22.1. The van der Waals surface area contributed by atoms with E-state index >= 15 is 0 Å². The van der Waals surface area contributed by atoms with Crippen LogP contribution in [-0.4, -0.2) is 28.2 Å². The summed E-state index contributed by atoms with van der Waals surface area (Å²) >= 11 is 9.43. The molecule has 1 aromatic carbocycles. The number of likely N-dealkylation sites (N-methyl/N-ethyl adjacent to an activating group) is 1. The molecule has 0 bridgehead atoms. The summed E-state index contributed by atoms with van der Waals surface area (Å²) in [5.41, 5.74) is 1.82. The van der Waals surface area contributed by atoms with Crippen LogP contribution in [0.25, 0.3) is 5.57 Å². The predicted octanol–water partition coefficient (Wildman–Crippen LogP) is 1.87. The quantitative estimate of drug-likeness (QED) is 0.327. The lowest BCUT2D eigenvalue weighted by molar-refractivity contribution is -0.122. The number of fused-ring (bicyclic) bond motifs is 1. The highest BCUT2D eigenvalue weighted by molar-refractivity contribution is 9.10. The lowest BCUT2D eigenvalue weighted by Gasteiger charge is -2.08. The van der Waals surface area contributed by atoms with Crippen LogP contribution in [0.4, 0.5) is 5.69 Å². The highest BCUT2D eigenvalue weighted by atomic mass is 79.9. The van der Waals surface area contributed by atoms with Gasteiger partial charge in [-0.15, -0.1) is 0 Å². The number of anilines is 1. The number of halogens is 1. The molecule has 2 aliphatic heterocycles. The Hall–Kier alpha value is -1.22. The number of amides is 2. The lowest BCUT2D eigenvalue weighted by Crippen LogP contribution is -2.35. The summed E-state index contributed by atoms with van der Waals surface area (Å²) in [5.74, 6) is 4.89. The van der Waals surface area contributed by atoms with E-state index in [0.29, 0.717) is 11.1 Å². The monoisotopic (exact) mass is 369 g/mol. The van der Waals surface area contributed by atoms with Crippen molar-refractivity contribution < 1.29 is 9.59 Å². The third-order valence-electron chi connectivity index (χ3n) is 3.13. The standard InChI is InChI=1S/C12H8BrN3O2S2/c1-15-7-3-2-5(13)4-6(7)8(10(15)17)9-11(18)16(14)12(19)20-9/h2-4H,14H2,1H3/b9-8+. The Kier molecular flexibility index (Phi) is 3.20. The number of rotatable bonds is 0. The van der Waals surface area contributed by atoms with Gasteiger partial charge >= 0.3 is 0 Å². The Morgan fingerprint density at radius 1 is 1.30 bits per heavy atom. The summed E-state index contributed by atoms with van der Waals surface area (Å²) in [6.07, 6.45) is 0. The van der Waals surface area contributed by atoms with Crippen molar-refractivity contribution >= 4 is 67.3 Å². The van der Waals surface area contributed by atoms with E-state index in [1.165, 1.54) is 4.90 Å². The van der Waals surface area contributed by atoms with Crippen LogP contribution in [0.2, 0.25) is 0 Å². The van der Waals surface area contributed by atoms with Crippen molar-refractivity contribution in [1.29, 1.82) is 0 Å². The zero-order valence-electron chi connectivity index (χ0n) is 10.2. The molecule has 0 spiro atoms. The van der Waals surface area contributed by atoms with Gasteiger partial charge < -0.3 is 4.90 Å². The summed E-state index contributed by atoms with van der Waals surface area (Å²) in [7, 11) is 1.67. The molecule has 2 heterocycles. The van der Waals surface area contributed by atoms with E-state index in [9.17, 15) is 9.59 Å².